The maximum absolute atomic E-state index is 14.5. The Hall–Kier alpha value is -3.45. The van der Waals surface area contributed by atoms with Gasteiger partial charge in [0.15, 0.2) is 11.6 Å². The predicted molar refractivity (Wildman–Crippen MR) is 139 cm³/mol. The lowest BCUT2D eigenvalue weighted by atomic mass is 9.89. The molecule has 5 heteroatoms. The van der Waals surface area contributed by atoms with E-state index in [0.29, 0.717) is 23.1 Å². The molecule has 0 spiro atoms. The Labute approximate surface area is 209 Å². The zero-order chi connectivity index (χ0) is 24.8. The molecular formula is C30H24F3NS. The molecule has 0 saturated heterocycles. The van der Waals surface area contributed by atoms with Gasteiger partial charge in [0.05, 0.1) is 10.7 Å². The minimum atomic E-state index is -0.784. The van der Waals surface area contributed by atoms with Gasteiger partial charge in [0, 0.05) is 5.57 Å². The van der Waals surface area contributed by atoms with Crippen molar-refractivity contribution >= 4 is 29.1 Å². The van der Waals surface area contributed by atoms with E-state index >= 15 is 0 Å². The van der Waals surface area contributed by atoms with E-state index in [-0.39, 0.29) is 5.82 Å². The van der Waals surface area contributed by atoms with Gasteiger partial charge in [-0.05, 0) is 96.1 Å². The number of isothiocyanates is 1. The first-order valence-corrected chi connectivity index (χ1v) is 12.1. The standard InChI is InChI=1S/C30H24F3NS/c1-2-3-4-5-20-6-9-22(27(31)15-20)10-7-21-8-11-24-16-25(13-12-23(24)14-21)26-17-28(32)30(34-19-35)29(33)18-26/h6,9,12-18H,2-5,8,11H2,1H3. The third-order valence-corrected chi connectivity index (χ3v) is 6.20. The maximum Gasteiger partial charge on any atom is 0.153 e. The van der Waals surface area contributed by atoms with E-state index in [9.17, 15) is 13.2 Å². The molecule has 0 bridgehead atoms. The zero-order valence-electron chi connectivity index (χ0n) is 19.4. The lowest BCUT2D eigenvalue weighted by Crippen LogP contribution is -1.99. The second kappa shape index (κ2) is 11.3. The average molecular weight is 488 g/mol. The number of hydrogen-bond donors (Lipinski definition) is 0. The monoisotopic (exact) mass is 487 g/mol. The summed E-state index contributed by atoms with van der Waals surface area (Å²) in [6.45, 7) is 2.15. The van der Waals surface area contributed by atoms with Crippen LogP contribution in [0.5, 0.6) is 0 Å². The van der Waals surface area contributed by atoms with Crippen LogP contribution in [-0.4, -0.2) is 5.16 Å². The Morgan fingerprint density at radius 3 is 2.37 bits per heavy atom. The lowest BCUT2D eigenvalue weighted by Gasteiger charge is -2.15. The van der Waals surface area contributed by atoms with Gasteiger partial charge in [0.2, 0.25) is 0 Å². The highest BCUT2D eigenvalue weighted by Gasteiger charge is 2.14. The maximum atomic E-state index is 14.5. The van der Waals surface area contributed by atoms with Crippen molar-refractivity contribution < 1.29 is 13.2 Å². The van der Waals surface area contributed by atoms with Gasteiger partial charge in [0.25, 0.3) is 0 Å². The summed E-state index contributed by atoms with van der Waals surface area (Å²) in [4.78, 5) is 3.45. The molecule has 3 aromatic rings. The van der Waals surface area contributed by atoms with E-state index in [4.69, 9.17) is 0 Å². The Kier molecular flexibility index (Phi) is 7.98. The highest BCUT2D eigenvalue weighted by Crippen LogP contribution is 2.32. The molecular weight excluding hydrogens is 463 g/mol. The molecule has 0 heterocycles. The smallest absolute Gasteiger partial charge is 0.153 e. The van der Waals surface area contributed by atoms with Crippen molar-refractivity contribution in [3.63, 3.8) is 0 Å². The molecule has 4 rings (SSSR count). The van der Waals surface area contributed by atoms with Crippen LogP contribution in [0.4, 0.5) is 18.9 Å². The fourth-order valence-electron chi connectivity index (χ4n) is 4.20. The normalized spacial score (nSPS) is 12.2. The summed E-state index contributed by atoms with van der Waals surface area (Å²) >= 11 is 4.45. The zero-order valence-corrected chi connectivity index (χ0v) is 20.2. The number of aryl methyl sites for hydroxylation is 2. The molecule has 0 radical (unpaired) electrons. The number of halogens is 3. The van der Waals surface area contributed by atoms with Gasteiger partial charge in [0.1, 0.15) is 11.5 Å². The minimum absolute atomic E-state index is 0.283. The molecule has 1 aliphatic carbocycles. The van der Waals surface area contributed by atoms with Gasteiger partial charge >= 0.3 is 0 Å². The molecule has 0 fully saturated rings. The van der Waals surface area contributed by atoms with Gasteiger partial charge in [-0.15, -0.1) is 0 Å². The highest BCUT2D eigenvalue weighted by atomic mass is 32.1. The number of hydrogen-bond acceptors (Lipinski definition) is 2. The summed E-state index contributed by atoms with van der Waals surface area (Å²) in [5.74, 6) is 4.24. The van der Waals surface area contributed by atoms with E-state index in [1.54, 1.807) is 12.1 Å². The van der Waals surface area contributed by atoms with Crippen LogP contribution >= 0.6 is 12.2 Å². The number of nitrogens with zero attached hydrogens (tertiary/aromatic N) is 1. The molecule has 0 N–H and O–H groups in total. The van der Waals surface area contributed by atoms with Crippen LogP contribution in [0.3, 0.4) is 0 Å². The molecule has 0 aromatic heterocycles. The molecule has 0 amide bonds. The third-order valence-electron chi connectivity index (χ3n) is 6.10. The Bertz CT molecular complexity index is 1380. The van der Waals surface area contributed by atoms with Crippen LogP contribution in [0.1, 0.15) is 54.9 Å². The molecule has 3 aromatic carbocycles. The van der Waals surface area contributed by atoms with Crippen molar-refractivity contribution in [2.75, 3.05) is 0 Å². The van der Waals surface area contributed by atoms with E-state index in [1.807, 2.05) is 35.5 Å². The van der Waals surface area contributed by atoms with E-state index < -0.39 is 17.3 Å². The SMILES string of the molecule is CCCCCc1ccc(C#CC2=Cc3ccc(-c4cc(F)c(N=C=S)c(F)c4)cc3CC2)c(F)c1. The first-order chi connectivity index (χ1) is 17.0. The summed E-state index contributed by atoms with van der Waals surface area (Å²) in [5.41, 5.74) is 5.10. The summed E-state index contributed by atoms with van der Waals surface area (Å²) in [6.07, 6.45) is 7.67. The molecule has 1 aliphatic rings. The van der Waals surface area contributed by atoms with Crippen LogP contribution in [0.15, 0.2) is 59.1 Å². The number of thiocarbonyl (C=S) groups is 1. The fraction of sp³-hybridized carbons (Fsp3) is 0.233. The quantitative estimate of drug-likeness (QED) is 0.147. The Balaban J connectivity index is 1.53. The van der Waals surface area contributed by atoms with Crippen molar-refractivity contribution in [3.8, 4) is 23.0 Å². The third kappa shape index (κ3) is 5.98. The topological polar surface area (TPSA) is 12.4 Å². The summed E-state index contributed by atoms with van der Waals surface area (Å²) in [5, 5.41) is 2.00. The van der Waals surface area contributed by atoms with E-state index in [2.05, 4.69) is 36.0 Å². The molecule has 0 atom stereocenters. The van der Waals surface area contributed by atoms with Gasteiger partial charge in [-0.2, -0.15) is 4.99 Å². The van der Waals surface area contributed by atoms with E-state index in [1.165, 1.54) is 12.1 Å². The fourth-order valence-corrected chi connectivity index (χ4v) is 4.29. The minimum Gasteiger partial charge on any atom is -0.206 e. The van der Waals surface area contributed by atoms with Gasteiger partial charge in [-0.1, -0.05) is 55.9 Å². The predicted octanol–water partition coefficient (Wildman–Crippen LogP) is 8.62. The summed E-state index contributed by atoms with van der Waals surface area (Å²) in [7, 11) is 0. The Morgan fingerprint density at radius 1 is 0.857 bits per heavy atom. The molecule has 0 aliphatic heterocycles. The summed E-state index contributed by atoms with van der Waals surface area (Å²) < 4.78 is 43.0. The first-order valence-electron chi connectivity index (χ1n) is 11.7. The van der Waals surface area contributed by atoms with Crippen molar-refractivity contribution in [3.05, 3.63) is 93.8 Å². The molecule has 0 saturated carbocycles. The number of allylic oxidation sites excluding steroid dienone is 1. The van der Waals surface area contributed by atoms with Gasteiger partial charge in [-0.25, -0.2) is 13.2 Å². The molecule has 35 heavy (non-hydrogen) atoms. The van der Waals surface area contributed by atoms with Crippen LogP contribution in [-0.2, 0) is 12.8 Å². The van der Waals surface area contributed by atoms with Crippen molar-refractivity contribution in [2.45, 2.75) is 45.4 Å². The number of fused-ring (bicyclic) bond motifs is 1. The lowest BCUT2D eigenvalue weighted by molar-refractivity contribution is 0.588. The number of rotatable bonds is 6. The van der Waals surface area contributed by atoms with Gasteiger partial charge < -0.3 is 0 Å². The highest BCUT2D eigenvalue weighted by molar-refractivity contribution is 7.78. The second-order valence-corrected chi connectivity index (χ2v) is 8.78. The molecule has 176 valence electrons. The molecule has 1 nitrogen and oxygen atoms in total. The average Bonchev–Trinajstić information content (AvgIpc) is 2.85. The van der Waals surface area contributed by atoms with E-state index in [0.717, 1.165) is 54.4 Å². The van der Waals surface area contributed by atoms with Gasteiger partial charge in [-0.3, -0.25) is 0 Å². The largest absolute Gasteiger partial charge is 0.206 e. The van der Waals surface area contributed by atoms with Crippen LogP contribution < -0.4 is 0 Å². The van der Waals surface area contributed by atoms with Crippen molar-refractivity contribution in [2.24, 2.45) is 4.99 Å². The summed E-state index contributed by atoms with van der Waals surface area (Å²) in [6, 6.07) is 13.5. The Morgan fingerprint density at radius 2 is 1.66 bits per heavy atom. The van der Waals surface area contributed by atoms with Crippen LogP contribution in [0.2, 0.25) is 0 Å². The second-order valence-electron chi connectivity index (χ2n) is 8.60. The number of benzene rings is 3. The van der Waals surface area contributed by atoms with Crippen molar-refractivity contribution in [1.82, 2.24) is 0 Å². The molecule has 0 unspecified atom stereocenters. The van der Waals surface area contributed by atoms with Crippen molar-refractivity contribution in [1.29, 1.82) is 0 Å². The van der Waals surface area contributed by atoms with Crippen LogP contribution in [0, 0.1) is 29.3 Å². The number of aliphatic imine (C=N–C) groups is 1. The first kappa shape index (κ1) is 24.7. The van der Waals surface area contributed by atoms with Crippen LogP contribution in [0.25, 0.3) is 17.2 Å². The number of unbranched alkanes of at least 4 members (excludes halogenated alkanes) is 2.